The molecule has 4 aliphatic carbocycles. The molecule has 3 nitrogen and oxygen atoms in total. The topological polar surface area (TPSA) is 37.4 Å². The molecule has 3 fully saturated rings. The molecule has 5 heteroatoms. The summed E-state index contributed by atoms with van der Waals surface area (Å²) in [5, 5.41) is 1.05. The van der Waals surface area contributed by atoms with E-state index in [1.807, 2.05) is 0 Å². The molecule has 0 aromatic heterocycles. The first-order valence-corrected chi connectivity index (χ1v) is 8.79. The van der Waals surface area contributed by atoms with Crippen LogP contribution in [0.25, 0.3) is 0 Å². The Morgan fingerprint density at radius 2 is 1.61 bits per heavy atom. The highest BCUT2D eigenvalue weighted by Gasteiger charge is 2.66. The highest BCUT2D eigenvalue weighted by Crippen LogP contribution is 2.65. The number of benzene rings is 1. The lowest BCUT2D eigenvalue weighted by molar-refractivity contribution is -0.140. The van der Waals surface area contributed by atoms with Gasteiger partial charge in [0.1, 0.15) is 0 Å². The summed E-state index contributed by atoms with van der Waals surface area (Å²) in [7, 11) is 0. The van der Waals surface area contributed by atoms with Crippen molar-refractivity contribution in [2.45, 2.75) is 13.0 Å². The number of nitrogens with zero attached hydrogens (tertiary/aromatic N) is 1. The molecule has 118 valence electrons. The zero-order valence-electron chi connectivity index (χ0n) is 12.3. The zero-order chi connectivity index (χ0) is 15.9. The van der Waals surface area contributed by atoms with Crippen molar-refractivity contribution in [2.24, 2.45) is 35.5 Å². The van der Waals surface area contributed by atoms with Gasteiger partial charge < -0.3 is 0 Å². The molecular weight excluding hydrogens is 333 g/mol. The first-order valence-electron chi connectivity index (χ1n) is 8.04. The summed E-state index contributed by atoms with van der Waals surface area (Å²) in [4.78, 5) is 27.2. The van der Waals surface area contributed by atoms with Crippen LogP contribution >= 0.6 is 23.2 Å². The summed E-state index contributed by atoms with van der Waals surface area (Å²) in [6.45, 7) is 0.245. The van der Waals surface area contributed by atoms with Crippen LogP contribution in [0.2, 0.25) is 10.0 Å². The number of halogens is 2. The Bertz CT molecular complexity index is 738. The number of imide groups is 1. The van der Waals surface area contributed by atoms with Crippen molar-refractivity contribution < 1.29 is 9.59 Å². The third-order valence-corrected chi connectivity index (χ3v) is 6.68. The Morgan fingerprint density at radius 1 is 1.00 bits per heavy atom. The quantitative estimate of drug-likeness (QED) is 0.606. The van der Waals surface area contributed by atoms with Crippen LogP contribution in [0.3, 0.4) is 0 Å². The molecule has 0 spiro atoms. The largest absolute Gasteiger partial charge is 0.278 e. The maximum Gasteiger partial charge on any atom is 0.234 e. The van der Waals surface area contributed by atoms with Gasteiger partial charge in [-0.05, 0) is 47.8 Å². The molecule has 2 amide bonds. The third kappa shape index (κ3) is 1.84. The van der Waals surface area contributed by atoms with E-state index >= 15 is 0 Å². The van der Waals surface area contributed by atoms with Crippen molar-refractivity contribution in [3.05, 3.63) is 46.0 Å². The second-order valence-corrected chi connectivity index (χ2v) is 8.00. The molecule has 2 bridgehead atoms. The van der Waals surface area contributed by atoms with Crippen LogP contribution in [0.4, 0.5) is 0 Å². The number of allylic oxidation sites excluding steroid dienone is 2. The summed E-state index contributed by atoms with van der Waals surface area (Å²) in [5.41, 5.74) is 0.766. The molecule has 1 heterocycles. The third-order valence-electron chi connectivity index (χ3n) is 6.10. The van der Waals surface area contributed by atoms with Gasteiger partial charge in [0.15, 0.2) is 0 Å². The molecule has 6 atom stereocenters. The lowest BCUT2D eigenvalue weighted by atomic mass is 9.63. The fraction of sp³-hybridized carbons (Fsp3) is 0.444. The van der Waals surface area contributed by atoms with E-state index in [2.05, 4.69) is 12.2 Å². The van der Waals surface area contributed by atoms with E-state index in [9.17, 15) is 9.59 Å². The van der Waals surface area contributed by atoms with Crippen molar-refractivity contribution in [3.8, 4) is 0 Å². The van der Waals surface area contributed by atoms with Crippen molar-refractivity contribution >= 4 is 35.0 Å². The van der Waals surface area contributed by atoms with Crippen molar-refractivity contribution in [2.75, 3.05) is 0 Å². The van der Waals surface area contributed by atoms with Gasteiger partial charge in [0.25, 0.3) is 0 Å². The summed E-state index contributed by atoms with van der Waals surface area (Å²) >= 11 is 12.1. The predicted molar refractivity (Wildman–Crippen MR) is 86.7 cm³/mol. The van der Waals surface area contributed by atoms with Gasteiger partial charge in [-0.1, -0.05) is 41.4 Å². The zero-order valence-corrected chi connectivity index (χ0v) is 13.8. The van der Waals surface area contributed by atoms with Crippen LogP contribution in [0.15, 0.2) is 30.4 Å². The van der Waals surface area contributed by atoms with Gasteiger partial charge >= 0.3 is 0 Å². The minimum atomic E-state index is -0.146. The Labute approximate surface area is 144 Å². The number of carbonyl (C=O) groups excluding carboxylic acids is 2. The van der Waals surface area contributed by atoms with Crippen molar-refractivity contribution in [1.29, 1.82) is 0 Å². The predicted octanol–water partition coefficient (Wildman–Crippen LogP) is 3.55. The first kappa shape index (κ1) is 14.1. The van der Waals surface area contributed by atoms with E-state index in [4.69, 9.17) is 23.2 Å². The Kier molecular flexibility index (Phi) is 2.82. The van der Waals surface area contributed by atoms with E-state index in [0.29, 0.717) is 21.9 Å². The average molecular weight is 348 g/mol. The normalized spacial score (nSPS) is 39.7. The van der Waals surface area contributed by atoms with E-state index < -0.39 is 0 Å². The molecule has 1 aromatic carbocycles. The van der Waals surface area contributed by atoms with Crippen LogP contribution in [0.5, 0.6) is 0 Å². The van der Waals surface area contributed by atoms with Crippen LogP contribution in [-0.2, 0) is 16.1 Å². The highest BCUT2D eigenvalue weighted by molar-refractivity contribution is 6.35. The Hall–Kier alpha value is -1.32. The monoisotopic (exact) mass is 347 g/mol. The standard InChI is InChI=1S/C18H15Cl2NO2/c19-9-2-1-8(14(20)5-9)7-21-17(22)15-10-3-4-11(13-6-12(10)13)16(15)18(21)23/h1-5,10-13,15-16H,6-7H2/t10-,11-,12-,13+,15-,16+/m0/s1. The van der Waals surface area contributed by atoms with E-state index in [0.717, 1.165) is 5.56 Å². The maximum absolute atomic E-state index is 12.9. The molecule has 23 heavy (non-hydrogen) atoms. The van der Waals surface area contributed by atoms with Gasteiger partial charge in [-0.2, -0.15) is 0 Å². The molecule has 0 N–H and O–H groups in total. The van der Waals surface area contributed by atoms with Gasteiger partial charge in [0.05, 0.1) is 18.4 Å². The number of rotatable bonds is 2. The SMILES string of the molecule is O=C1[C@@H]2[C@H]3C=C[C@@H]([C@@H]4C[C@H]34)[C@@H]2C(=O)N1Cc1ccc(Cl)cc1Cl. The number of hydrogen-bond acceptors (Lipinski definition) is 2. The summed E-state index contributed by atoms with van der Waals surface area (Å²) in [6, 6.07) is 5.18. The van der Waals surface area contributed by atoms with Crippen molar-refractivity contribution in [3.63, 3.8) is 0 Å². The van der Waals surface area contributed by atoms with Crippen LogP contribution in [0.1, 0.15) is 12.0 Å². The summed E-state index contributed by atoms with van der Waals surface area (Å²) < 4.78 is 0. The molecule has 1 aliphatic heterocycles. The van der Waals surface area contributed by atoms with Gasteiger partial charge in [0.2, 0.25) is 11.8 Å². The first-order chi connectivity index (χ1) is 11.1. The molecule has 1 saturated heterocycles. The van der Waals surface area contributed by atoms with Crippen LogP contribution in [-0.4, -0.2) is 16.7 Å². The highest BCUT2D eigenvalue weighted by atomic mass is 35.5. The van der Waals surface area contributed by atoms with Crippen molar-refractivity contribution in [1.82, 2.24) is 4.90 Å². The molecule has 2 saturated carbocycles. The van der Waals surface area contributed by atoms with E-state index in [1.54, 1.807) is 18.2 Å². The lowest BCUT2D eigenvalue weighted by Crippen LogP contribution is -2.40. The number of amides is 2. The number of carbonyl (C=O) groups is 2. The molecule has 6 rings (SSSR count). The molecular formula is C18H15Cl2NO2. The molecule has 5 aliphatic rings. The minimum Gasteiger partial charge on any atom is -0.278 e. The fourth-order valence-corrected chi connectivity index (χ4v) is 5.46. The molecule has 0 unspecified atom stereocenters. The fourth-order valence-electron chi connectivity index (χ4n) is 4.99. The number of hydrogen-bond donors (Lipinski definition) is 0. The Balaban J connectivity index is 1.47. The van der Waals surface area contributed by atoms with E-state index in [1.165, 1.54) is 11.3 Å². The second kappa shape index (κ2) is 4.61. The van der Waals surface area contributed by atoms with Crippen LogP contribution < -0.4 is 0 Å². The second-order valence-electron chi connectivity index (χ2n) is 7.15. The molecule has 0 radical (unpaired) electrons. The van der Waals surface area contributed by atoms with Gasteiger partial charge in [-0.15, -0.1) is 0 Å². The summed E-state index contributed by atoms with van der Waals surface area (Å²) in [6.07, 6.45) is 5.55. The van der Waals surface area contributed by atoms with E-state index in [-0.39, 0.29) is 42.0 Å². The van der Waals surface area contributed by atoms with Crippen LogP contribution in [0, 0.1) is 35.5 Å². The Morgan fingerprint density at radius 3 is 2.17 bits per heavy atom. The summed E-state index contributed by atoms with van der Waals surface area (Å²) in [5.74, 6) is 1.45. The number of likely N-dealkylation sites (tertiary alicyclic amines) is 1. The maximum atomic E-state index is 12.9. The van der Waals surface area contributed by atoms with Gasteiger partial charge in [-0.25, -0.2) is 0 Å². The molecule has 1 aromatic rings. The van der Waals surface area contributed by atoms with Gasteiger partial charge in [0, 0.05) is 10.0 Å². The van der Waals surface area contributed by atoms with Gasteiger partial charge in [-0.3, -0.25) is 14.5 Å². The lowest BCUT2D eigenvalue weighted by Gasteiger charge is -2.37. The smallest absolute Gasteiger partial charge is 0.234 e. The average Bonchev–Trinajstić information content (AvgIpc) is 3.30. The minimum absolute atomic E-state index is 0.0179.